The van der Waals surface area contributed by atoms with E-state index in [2.05, 4.69) is 36.1 Å². The molecule has 0 radical (unpaired) electrons. The highest BCUT2D eigenvalue weighted by Crippen LogP contribution is 2.29. The average Bonchev–Trinajstić information content (AvgIpc) is 3.09. The molecule has 2 saturated heterocycles. The molecule has 9 nitrogen and oxygen atoms in total. The van der Waals surface area contributed by atoms with Gasteiger partial charge in [0.1, 0.15) is 6.33 Å². The van der Waals surface area contributed by atoms with Crippen molar-refractivity contribution in [2.24, 2.45) is 13.0 Å². The third kappa shape index (κ3) is 3.25. The van der Waals surface area contributed by atoms with Crippen LogP contribution in [0.2, 0.25) is 5.02 Å². The van der Waals surface area contributed by atoms with Crippen molar-refractivity contribution in [3.8, 4) is 0 Å². The number of nitrogens with zero attached hydrogens (tertiary/aromatic N) is 8. The van der Waals surface area contributed by atoms with Gasteiger partial charge in [-0.1, -0.05) is 22.9 Å². The summed E-state index contributed by atoms with van der Waals surface area (Å²) in [6, 6.07) is 7.86. The maximum absolute atomic E-state index is 12.9. The third-order valence-corrected chi connectivity index (χ3v) is 5.90. The molecule has 10 heteroatoms. The van der Waals surface area contributed by atoms with Crippen LogP contribution in [0.3, 0.4) is 0 Å². The molecule has 0 bridgehead atoms. The number of carbonyl (C=O) groups excluding carboxylic acids is 1. The van der Waals surface area contributed by atoms with Crippen molar-refractivity contribution in [3.63, 3.8) is 0 Å². The predicted molar refractivity (Wildman–Crippen MR) is 110 cm³/mol. The lowest BCUT2D eigenvalue weighted by Gasteiger charge is -2.43. The van der Waals surface area contributed by atoms with Crippen LogP contribution < -0.4 is 9.80 Å². The summed E-state index contributed by atoms with van der Waals surface area (Å²) in [6.07, 6.45) is 1.52. The fourth-order valence-electron chi connectivity index (χ4n) is 4.00. The van der Waals surface area contributed by atoms with Crippen molar-refractivity contribution in [2.75, 3.05) is 49.1 Å². The Balaban J connectivity index is 1.19. The zero-order valence-corrected chi connectivity index (χ0v) is 16.8. The number of piperazine rings is 1. The second kappa shape index (κ2) is 7.14. The Kier molecular flexibility index (Phi) is 4.46. The van der Waals surface area contributed by atoms with Gasteiger partial charge in [-0.05, 0) is 18.2 Å². The largest absolute Gasteiger partial charge is 0.368 e. The van der Waals surface area contributed by atoms with E-state index in [1.54, 1.807) is 11.7 Å². The van der Waals surface area contributed by atoms with Gasteiger partial charge in [-0.15, -0.1) is 5.10 Å². The zero-order chi connectivity index (χ0) is 20.0. The minimum absolute atomic E-state index is 0.00518. The Morgan fingerprint density at radius 2 is 1.90 bits per heavy atom. The standard InChI is InChI=1S/C19H21ClN8O/c1-25-17-16(23-24-25)18(22-12-21-17)28-10-13(11-28)19(29)27-7-5-26(6-8-27)15-4-2-3-14(20)9-15/h2-4,9,12-13H,5-8,10-11H2,1H3. The van der Waals surface area contributed by atoms with Crippen molar-refractivity contribution in [1.29, 1.82) is 0 Å². The molecule has 4 heterocycles. The number of aryl methyl sites for hydroxylation is 1. The topological polar surface area (TPSA) is 83.3 Å². The van der Waals surface area contributed by atoms with E-state index in [1.165, 1.54) is 6.33 Å². The number of hydrogen-bond acceptors (Lipinski definition) is 7. The molecule has 2 aliphatic heterocycles. The van der Waals surface area contributed by atoms with Crippen LogP contribution in [0.15, 0.2) is 30.6 Å². The summed E-state index contributed by atoms with van der Waals surface area (Å²) in [5.74, 6) is 0.962. The molecule has 1 aromatic carbocycles. The van der Waals surface area contributed by atoms with E-state index in [0.717, 1.165) is 42.7 Å². The summed E-state index contributed by atoms with van der Waals surface area (Å²) < 4.78 is 1.63. The molecule has 0 saturated carbocycles. The molecular weight excluding hydrogens is 392 g/mol. The number of fused-ring (bicyclic) bond motifs is 1. The lowest BCUT2D eigenvalue weighted by Crippen LogP contribution is -2.58. The second-order valence-electron chi connectivity index (χ2n) is 7.48. The Labute approximate surface area is 172 Å². The molecule has 29 heavy (non-hydrogen) atoms. The Morgan fingerprint density at radius 3 is 2.66 bits per heavy atom. The van der Waals surface area contributed by atoms with E-state index >= 15 is 0 Å². The fourth-order valence-corrected chi connectivity index (χ4v) is 4.18. The van der Waals surface area contributed by atoms with Crippen molar-refractivity contribution >= 4 is 40.2 Å². The quantitative estimate of drug-likeness (QED) is 0.639. The molecule has 1 amide bonds. The number of rotatable bonds is 3. The Morgan fingerprint density at radius 1 is 1.10 bits per heavy atom. The summed E-state index contributed by atoms with van der Waals surface area (Å²) in [5, 5.41) is 8.91. The molecule has 2 fully saturated rings. The number of anilines is 2. The normalized spacial score (nSPS) is 17.7. The fraction of sp³-hybridized carbons (Fsp3) is 0.421. The Bertz CT molecular complexity index is 1060. The first-order valence-corrected chi connectivity index (χ1v) is 10.0. The van der Waals surface area contributed by atoms with Gasteiger partial charge in [0.2, 0.25) is 5.91 Å². The minimum Gasteiger partial charge on any atom is -0.368 e. The molecular formula is C19H21ClN8O. The van der Waals surface area contributed by atoms with E-state index in [-0.39, 0.29) is 11.8 Å². The maximum atomic E-state index is 12.9. The highest BCUT2D eigenvalue weighted by Gasteiger charge is 2.38. The van der Waals surface area contributed by atoms with Gasteiger partial charge in [0.15, 0.2) is 17.0 Å². The molecule has 0 spiro atoms. The van der Waals surface area contributed by atoms with Gasteiger partial charge < -0.3 is 14.7 Å². The number of carbonyl (C=O) groups is 1. The monoisotopic (exact) mass is 412 g/mol. The first-order chi connectivity index (χ1) is 14.1. The van der Waals surface area contributed by atoms with Gasteiger partial charge in [-0.3, -0.25) is 4.79 Å². The van der Waals surface area contributed by atoms with Crippen LogP contribution in [0.25, 0.3) is 11.2 Å². The van der Waals surface area contributed by atoms with Gasteiger partial charge in [-0.25, -0.2) is 14.6 Å². The third-order valence-electron chi connectivity index (χ3n) is 5.66. The van der Waals surface area contributed by atoms with E-state index < -0.39 is 0 Å². The molecule has 3 aromatic rings. The van der Waals surface area contributed by atoms with E-state index in [9.17, 15) is 4.79 Å². The Hall–Kier alpha value is -2.94. The van der Waals surface area contributed by atoms with Crippen molar-refractivity contribution < 1.29 is 4.79 Å². The van der Waals surface area contributed by atoms with Crippen LogP contribution in [0.1, 0.15) is 0 Å². The summed E-state index contributed by atoms with van der Waals surface area (Å²) in [6.45, 7) is 4.38. The summed E-state index contributed by atoms with van der Waals surface area (Å²) in [4.78, 5) is 27.8. The predicted octanol–water partition coefficient (Wildman–Crippen LogP) is 1.20. The van der Waals surface area contributed by atoms with Gasteiger partial charge >= 0.3 is 0 Å². The maximum Gasteiger partial charge on any atom is 0.229 e. The molecule has 0 N–H and O–H groups in total. The first kappa shape index (κ1) is 18.1. The highest BCUT2D eigenvalue weighted by molar-refractivity contribution is 6.30. The SMILES string of the molecule is Cn1nnc2c(N3CC(C(=O)N4CCN(c5cccc(Cl)c5)CC4)C3)ncnc21. The smallest absolute Gasteiger partial charge is 0.229 e. The molecule has 150 valence electrons. The lowest BCUT2D eigenvalue weighted by molar-refractivity contribution is -0.136. The highest BCUT2D eigenvalue weighted by atomic mass is 35.5. The number of aromatic nitrogens is 5. The lowest BCUT2D eigenvalue weighted by atomic mass is 9.98. The van der Waals surface area contributed by atoms with E-state index in [4.69, 9.17) is 11.6 Å². The molecule has 5 rings (SSSR count). The molecule has 0 atom stereocenters. The van der Waals surface area contributed by atoms with Crippen LogP contribution in [0.5, 0.6) is 0 Å². The summed E-state index contributed by atoms with van der Waals surface area (Å²) in [7, 11) is 1.80. The van der Waals surface area contributed by atoms with Crippen molar-refractivity contribution in [1.82, 2.24) is 29.9 Å². The van der Waals surface area contributed by atoms with Crippen LogP contribution in [-0.2, 0) is 11.8 Å². The van der Waals surface area contributed by atoms with E-state index in [1.807, 2.05) is 23.1 Å². The van der Waals surface area contributed by atoms with Crippen molar-refractivity contribution in [3.05, 3.63) is 35.6 Å². The van der Waals surface area contributed by atoms with Crippen LogP contribution in [-0.4, -0.2) is 75.0 Å². The van der Waals surface area contributed by atoms with Gasteiger partial charge in [0, 0.05) is 57.0 Å². The van der Waals surface area contributed by atoms with Gasteiger partial charge in [0.25, 0.3) is 0 Å². The zero-order valence-electron chi connectivity index (χ0n) is 16.1. The molecule has 2 aromatic heterocycles. The summed E-state index contributed by atoms with van der Waals surface area (Å²) in [5.41, 5.74) is 2.48. The molecule has 2 aliphatic rings. The second-order valence-corrected chi connectivity index (χ2v) is 7.91. The number of halogens is 1. The summed E-state index contributed by atoms with van der Waals surface area (Å²) >= 11 is 6.10. The van der Waals surface area contributed by atoms with Gasteiger partial charge in [0.05, 0.1) is 5.92 Å². The van der Waals surface area contributed by atoms with Crippen LogP contribution in [0.4, 0.5) is 11.5 Å². The van der Waals surface area contributed by atoms with Gasteiger partial charge in [-0.2, -0.15) is 0 Å². The number of amides is 1. The number of hydrogen-bond donors (Lipinski definition) is 0. The number of benzene rings is 1. The first-order valence-electron chi connectivity index (χ1n) is 9.65. The minimum atomic E-state index is -0.00518. The van der Waals surface area contributed by atoms with E-state index in [0.29, 0.717) is 24.3 Å². The van der Waals surface area contributed by atoms with Crippen LogP contribution >= 0.6 is 11.6 Å². The molecule has 0 unspecified atom stereocenters. The average molecular weight is 413 g/mol. The van der Waals surface area contributed by atoms with Crippen LogP contribution in [0, 0.1) is 5.92 Å². The molecule has 0 aliphatic carbocycles. The van der Waals surface area contributed by atoms with Crippen molar-refractivity contribution in [2.45, 2.75) is 0 Å².